The largest absolute Gasteiger partial charge is 0.336 e. The van der Waals surface area contributed by atoms with E-state index in [0.717, 1.165) is 25.9 Å². The van der Waals surface area contributed by atoms with Crippen LogP contribution < -0.4 is 0 Å². The predicted molar refractivity (Wildman–Crippen MR) is 76.5 cm³/mol. The van der Waals surface area contributed by atoms with Gasteiger partial charge in [-0.1, -0.05) is 13.8 Å². The van der Waals surface area contributed by atoms with Crippen LogP contribution in [0.4, 0.5) is 0 Å². The molecule has 1 aliphatic rings. The molecule has 0 radical (unpaired) electrons. The van der Waals surface area contributed by atoms with Crippen molar-refractivity contribution >= 4 is 5.91 Å². The van der Waals surface area contributed by atoms with E-state index in [1.54, 1.807) is 0 Å². The standard InChI is InChI=1S/C15H27N3O/c1-12(2)7-10-18-14(19)13(6-9-16)17(5)11-8-15(18,3)4/h12-13H,6-8,10-11H2,1-5H3. The van der Waals surface area contributed by atoms with Crippen molar-refractivity contribution in [2.75, 3.05) is 20.1 Å². The Morgan fingerprint density at radius 3 is 2.63 bits per heavy atom. The average molecular weight is 265 g/mol. The first-order valence-electron chi connectivity index (χ1n) is 7.18. The molecule has 0 aromatic rings. The molecule has 1 rings (SSSR count). The van der Waals surface area contributed by atoms with Crippen LogP contribution in [0.5, 0.6) is 0 Å². The SMILES string of the molecule is CC(C)CCN1C(=O)C(CC#N)N(C)CCC1(C)C. The molecule has 1 fully saturated rings. The Hall–Kier alpha value is -1.08. The second kappa shape index (κ2) is 6.38. The summed E-state index contributed by atoms with van der Waals surface area (Å²) in [6.45, 7) is 10.3. The minimum Gasteiger partial charge on any atom is -0.336 e. The third-order valence-corrected chi connectivity index (χ3v) is 4.10. The van der Waals surface area contributed by atoms with Crippen molar-refractivity contribution in [1.82, 2.24) is 9.80 Å². The minimum atomic E-state index is -0.279. The zero-order valence-electron chi connectivity index (χ0n) is 12.9. The maximum atomic E-state index is 12.7. The van der Waals surface area contributed by atoms with E-state index in [0.29, 0.717) is 5.92 Å². The minimum absolute atomic E-state index is 0.118. The van der Waals surface area contributed by atoms with Crippen LogP contribution in [0.2, 0.25) is 0 Å². The molecule has 4 nitrogen and oxygen atoms in total. The number of carbonyl (C=O) groups excluding carboxylic acids is 1. The molecule has 0 aromatic carbocycles. The summed E-state index contributed by atoms with van der Waals surface area (Å²) in [7, 11) is 1.95. The van der Waals surface area contributed by atoms with Gasteiger partial charge in [0, 0.05) is 18.6 Å². The topological polar surface area (TPSA) is 47.3 Å². The summed E-state index contributed by atoms with van der Waals surface area (Å²) < 4.78 is 0. The van der Waals surface area contributed by atoms with Gasteiger partial charge in [-0.3, -0.25) is 9.69 Å². The fourth-order valence-electron chi connectivity index (χ4n) is 2.54. The molecule has 1 saturated heterocycles. The van der Waals surface area contributed by atoms with E-state index in [4.69, 9.17) is 5.26 Å². The van der Waals surface area contributed by atoms with E-state index in [-0.39, 0.29) is 23.9 Å². The molecule has 0 aromatic heterocycles. The van der Waals surface area contributed by atoms with Crippen LogP contribution in [-0.2, 0) is 4.79 Å². The third-order valence-electron chi connectivity index (χ3n) is 4.10. The van der Waals surface area contributed by atoms with Crippen LogP contribution in [0.25, 0.3) is 0 Å². The fourth-order valence-corrected chi connectivity index (χ4v) is 2.54. The molecular weight excluding hydrogens is 238 g/mol. The Kier molecular flexibility index (Phi) is 5.37. The fraction of sp³-hybridized carbons (Fsp3) is 0.867. The predicted octanol–water partition coefficient (Wildman–Crippen LogP) is 2.26. The first kappa shape index (κ1) is 16.0. The van der Waals surface area contributed by atoms with Gasteiger partial charge in [-0.25, -0.2) is 0 Å². The van der Waals surface area contributed by atoms with Crippen molar-refractivity contribution in [1.29, 1.82) is 5.26 Å². The number of carbonyl (C=O) groups is 1. The summed E-state index contributed by atoms with van der Waals surface area (Å²) in [6.07, 6.45) is 2.25. The summed E-state index contributed by atoms with van der Waals surface area (Å²) in [5.41, 5.74) is -0.121. The first-order chi connectivity index (χ1) is 8.79. The molecule has 0 aliphatic carbocycles. The second-order valence-corrected chi connectivity index (χ2v) is 6.59. The second-order valence-electron chi connectivity index (χ2n) is 6.59. The zero-order valence-corrected chi connectivity index (χ0v) is 12.9. The average Bonchev–Trinajstić information content (AvgIpc) is 2.38. The number of likely N-dealkylation sites (N-methyl/N-ethyl adjacent to an activating group) is 1. The molecule has 108 valence electrons. The lowest BCUT2D eigenvalue weighted by Gasteiger charge is -2.38. The zero-order chi connectivity index (χ0) is 14.6. The molecule has 1 unspecified atom stereocenters. The highest BCUT2D eigenvalue weighted by molar-refractivity contribution is 5.83. The quantitative estimate of drug-likeness (QED) is 0.783. The van der Waals surface area contributed by atoms with Gasteiger partial charge in [0.2, 0.25) is 5.91 Å². The number of hydrogen-bond donors (Lipinski definition) is 0. The van der Waals surface area contributed by atoms with Crippen LogP contribution in [0.3, 0.4) is 0 Å². The van der Waals surface area contributed by atoms with Gasteiger partial charge in [-0.2, -0.15) is 5.26 Å². The molecule has 1 heterocycles. The Balaban J connectivity index is 2.93. The van der Waals surface area contributed by atoms with Crippen molar-refractivity contribution in [2.45, 2.75) is 58.5 Å². The summed E-state index contributed by atoms with van der Waals surface area (Å²) in [5, 5.41) is 8.93. The molecule has 1 atom stereocenters. The Labute approximate surface area is 117 Å². The highest BCUT2D eigenvalue weighted by Gasteiger charge is 2.39. The van der Waals surface area contributed by atoms with E-state index in [1.807, 2.05) is 16.8 Å². The van der Waals surface area contributed by atoms with Gasteiger partial charge in [0.1, 0.15) is 6.04 Å². The van der Waals surface area contributed by atoms with Crippen LogP contribution in [0.15, 0.2) is 0 Å². The van der Waals surface area contributed by atoms with Crippen LogP contribution in [0, 0.1) is 17.2 Å². The van der Waals surface area contributed by atoms with Crippen molar-refractivity contribution < 1.29 is 4.79 Å². The lowest BCUT2D eigenvalue weighted by molar-refractivity contribution is -0.139. The Morgan fingerprint density at radius 2 is 2.11 bits per heavy atom. The summed E-state index contributed by atoms with van der Waals surface area (Å²) in [6, 6.07) is 1.87. The smallest absolute Gasteiger partial charge is 0.241 e. The van der Waals surface area contributed by atoms with Gasteiger partial charge in [-0.05, 0) is 39.7 Å². The number of amides is 1. The van der Waals surface area contributed by atoms with Gasteiger partial charge in [0.05, 0.1) is 12.5 Å². The van der Waals surface area contributed by atoms with Crippen LogP contribution in [0.1, 0.15) is 47.0 Å². The lowest BCUT2D eigenvalue weighted by atomic mass is 9.97. The Morgan fingerprint density at radius 1 is 1.47 bits per heavy atom. The van der Waals surface area contributed by atoms with Crippen molar-refractivity contribution in [2.24, 2.45) is 5.92 Å². The lowest BCUT2D eigenvalue weighted by Crippen LogP contribution is -2.51. The number of hydrogen-bond acceptors (Lipinski definition) is 3. The number of rotatable bonds is 4. The number of nitriles is 1. The van der Waals surface area contributed by atoms with E-state index in [1.165, 1.54) is 0 Å². The van der Waals surface area contributed by atoms with Gasteiger partial charge in [-0.15, -0.1) is 0 Å². The van der Waals surface area contributed by atoms with Crippen molar-refractivity contribution in [3.8, 4) is 6.07 Å². The van der Waals surface area contributed by atoms with E-state index in [9.17, 15) is 4.79 Å². The molecule has 0 bridgehead atoms. The monoisotopic (exact) mass is 265 g/mol. The van der Waals surface area contributed by atoms with Crippen molar-refractivity contribution in [3.63, 3.8) is 0 Å². The van der Waals surface area contributed by atoms with Gasteiger partial charge >= 0.3 is 0 Å². The van der Waals surface area contributed by atoms with Crippen LogP contribution >= 0.6 is 0 Å². The molecule has 0 N–H and O–H groups in total. The third kappa shape index (κ3) is 3.94. The normalized spacial score (nSPS) is 24.4. The van der Waals surface area contributed by atoms with E-state index >= 15 is 0 Å². The highest BCUT2D eigenvalue weighted by atomic mass is 16.2. The molecular formula is C15H27N3O. The molecule has 19 heavy (non-hydrogen) atoms. The maximum Gasteiger partial charge on any atom is 0.241 e. The van der Waals surface area contributed by atoms with E-state index < -0.39 is 0 Å². The van der Waals surface area contributed by atoms with Gasteiger partial charge in [0.25, 0.3) is 0 Å². The van der Waals surface area contributed by atoms with Crippen LogP contribution in [-0.4, -0.2) is 47.4 Å². The first-order valence-corrected chi connectivity index (χ1v) is 7.18. The van der Waals surface area contributed by atoms with E-state index in [2.05, 4.69) is 33.8 Å². The number of nitrogens with zero attached hydrogens (tertiary/aromatic N) is 3. The molecule has 0 spiro atoms. The Bertz CT molecular complexity index is 357. The molecule has 1 amide bonds. The molecule has 0 saturated carbocycles. The molecule has 4 heteroatoms. The highest BCUT2D eigenvalue weighted by Crippen LogP contribution is 2.27. The van der Waals surface area contributed by atoms with Gasteiger partial charge < -0.3 is 4.90 Å². The summed E-state index contributed by atoms with van der Waals surface area (Å²) in [4.78, 5) is 16.7. The summed E-state index contributed by atoms with van der Waals surface area (Å²) in [5.74, 6) is 0.700. The summed E-state index contributed by atoms with van der Waals surface area (Å²) >= 11 is 0. The molecule has 1 aliphatic heterocycles. The van der Waals surface area contributed by atoms with Crippen molar-refractivity contribution in [3.05, 3.63) is 0 Å². The maximum absolute atomic E-state index is 12.7. The van der Waals surface area contributed by atoms with Gasteiger partial charge in [0.15, 0.2) is 0 Å².